The molecule has 0 aliphatic carbocycles. The minimum atomic E-state index is -0.201. The molecule has 0 saturated carbocycles. The Morgan fingerprint density at radius 2 is 1.85 bits per heavy atom. The lowest BCUT2D eigenvalue weighted by molar-refractivity contribution is 0.102. The highest BCUT2D eigenvalue weighted by Crippen LogP contribution is 2.26. The van der Waals surface area contributed by atoms with Gasteiger partial charge in [0.1, 0.15) is 11.5 Å². The van der Waals surface area contributed by atoms with E-state index >= 15 is 0 Å². The monoisotopic (exact) mass is 271 g/mol. The molecule has 0 heterocycles. The smallest absolute Gasteiger partial charge is 0.255 e. The molecule has 0 bridgehead atoms. The molecule has 2 aromatic carbocycles. The van der Waals surface area contributed by atoms with Crippen LogP contribution in [0, 0.1) is 6.92 Å². The molecule has 2 aromatic rings. The van der Waals surface area contributed by atoms with Crippen LogP contribution in [0.2, 0.25) is 0 Å². The van der Waals surface area contributed by atoms with Gasteiger partial charge in [0.25, 0.3) is 5.91 Å². The van der Waals surface area contributed by atoms with E-state index in [9.17, 15) is 4.79 Å². The lowest BCUT2D eigenvalue weighted by Crippen LogP contribution is -2.12. The van der Waals surface area contributed by atoms with Crippen molar-refractivity contribution in [2.24, 2.45) is 0 Å². The number of aryl methyl sites for hydroxylation is 1. The summed E-state index contributed by atoms with van der Waals surface area (Å²) in [5.74, 6) is 1.08. The number of carbonyl (C=O) groups is 1. The van der Waals surface area contributed by atoms with Gasteiger partial charge >= 0.3 is 0 Å². The van der Waals surface area contributed by atoms with Gasteiger partial charge in [0.2, 0.25) is 0 Å². The first-order chi connectivity index (χ1) is 9.63. The number of ether oxygens (including phenoxy) is 2. The Morgan fingerprint density at radius 3 is 2.55 bits per heavy atom. The summed E-state index contributed by atoms with van der Waals surface area (Å²) in [4.78, 5) is 12.2. The summed E-state index contributed by atoms with van der Waals surface area (Å²) in [6.07, 6.45) is 0. The van der Waals surface area contributed by atoms with E-state index in [0.29, 0.717) is 22.7 Å². The molecule has 0 fully saturated rings. The van der Waals surface area contributed by atoms with E-state index in [1.165, 1.54) is 0 Å². The molecule has 1 amide bonds. The summed E-state index contributed by atoms with van der Waals surface area (Å²) < 4.78 is 10.4. The topological polar surface area (TPSA) is 47.6 Å². The summed E-state index contributed by atoms with van der Waals surface area (Å²) in [6.45, 7) is 1.96. The van der Waals surface area contributed by atoms with Crippen molar-refractivity contribution in [3.63, 3.8) is 0 Å². The van der Waals surface area contributed by atoms with Crippen LogP contribution in [-0.4, -0.2) is 20.1 Å². The van der Waals surface area contributed by atoms with E-state index in [4.69, 9.17) is 9.47 Å². The van der Waals surface area contributed by atoms with Crippen LogP contribution in [0.3, 0.4) is 0 Å². The fraction of sp³-hybridized carbons (Fsp3) is 0.188. The predicted octanol–water partition coefficient (Wildman–Crippen LogP) is 3.26. The maximum atomic E-state index is 12.2. The predicted molar refractivity (Wildman–Crippen MR) is 78.7 cm³/mol. The second-order valence-electron chi connectivity index (χ2n) is 4.39. The van der Waals surface area contributed by atoms with Crippen molar-refractivity contribution >= 4 is 11.6 Å². The molecule has 0 aliphatic rings. The van der Waals surface area contributed by atoms with Crippen molar-refractivity contribution in [1.82, 2.24) is 0 Å². The molecular weight excluding hydrogens is 254 g/mol. The van der Waals surface area contributed by atoms with Crippen LogP contribution in [0.15, 0.2) is 42.5 Å². The molecule has 20 heavy (non-hydrogen) atoms. The summed E-state index contributed by atoms with van der Waals surface area (Å²) in [6, 6.07) is 12.6. The maximum absolute atomic E-state index is 12.2. The average molecular weight is 271 g/mol. The van der Waals surface area contributed by atoms with Crippen molar-refractivity contribution in [3.05, 3.63) is 53.6 Å². The average Bonchev–Trinajstić information content (AvgIpc) is 2.47. The Kier molecular flexibility index (Phi) is 4.25. The molecule has 0 spiro atoms. The first-order valence-electron chi connectivity index (χ1n) is 6.24. The quantitative estimate of drug-likeness (QED) is 0.928. The summed E-state index contributed by atoms with van der Waals surface area (Å²) in [5.41, 5.74) is 2.24. The Hall–Kier alpha value is -2.49. The highest BCUT2D eigenvalue weighted by Gasteiger charge is 2.10. The Bertz CT molecular complexity index is 623. The van der Waals surface area contributed by atoms with Gasteiger partial charge in [-0.1, -0.05) is 12.1 Å². The zero-order chi connectivity index (χ0) is 14.5. The number of rotatable bonds is 4. The molecule has 0 aromatic heterocycles. The van der Waals surface area contributed by atoms with Gasteiger partial charge in [-0.15, -0.1) is 0 Å². The van der Waals surface area contributed by atoms with Crippen LogP contribution in [-0.2, 0) is 0 Å². The van der Waals surface area contributed by atoms with Crippen LogP contribution in [0.1, 0.15) is 15.9 Å². The normalized spacial score (nSPS) is 9.95. The van der Waals surface area contributed by atoms with Gasteiger partial charge in [-0.05, 0) is 42.8 Å². The van der Waals surface area contributed by atoms with E-state index < -0.39 is 0 Å². The van der Waals surface area contributed by atoms with Gasteiger partial charge in [0.05, 0.1) is 19.9 Å². The zero-order valence-electron chi connectivity index (χ0n) is 11.8. The third kappa shape index (κ3) is 3.09. The number of methoxy groups -OCH3 is 2. The highest BCUT2D eigenvalue weighted by molar-refractivity contribution is 6.05. The molecule has 0 radical (unpaired) electrons. The van der Waals surface area contributed by atoms with Gasteiger partial charge < -0.3 is 14.8 Å². The fourth-order valence-electron chi connectivity index (χ4n) is 1.88. The molecule has 0 unspecified atom stereocenters. The van der Waals surface area contributed by atoms with Crippen molar-refractivity contribution in [2.75, 3.05) is 19.5 Å². The molecule has 1 N–H and O–H groups in total. The number of nitrogens with one attached hydrogen (secondary N) is 1. The number of hydrogen-bond acceptors (Lipinski definition) is 3. The third-order valence-electron chi connectivity index (χ3n) is 2.94. The minimum absolute atomic E-state index is 0.201. The Labute approximate surface area is 118 Å². The Morgan fingerprint density at radius 1 is 1.05 bits per heavy atom. The largest absolute Gasteiger partial charge is 0.497 e. The van der Waals surface area contributed by atoms with Crippen LogP contribution in [0.25, 0.3) is 0 Å². The van der Waals surface area contributed by atoms with E-state index in [-0.39, 0.29) is 5.91 Å². The molecule has 0 atom stereocenters. The van der Waals surface area contributed by atoms with E-state index in [0.717, 1.165) is 5.56 Å². The molecular formula is C16H17NO3. The summed E-state index contributed by atoms with van der Waals surface area (Å²) in [7, 11) is 3.15. The second-order valence-corrected chi connectivity index (χ2v) is 4.39. The van der Waals surface area contributed by atoms with Crippen molar-refractivity contribution in [1.29, 1.82) is 0 Å². The number of anilines is 1. The number of carbonyl (C=O) groups excluding carboxylic acids is 1. The van der Waals surface area contributed by atoms with Crippen molar-refractivity contribution in [3.8, 4) is 11.5 Å². The lowest BCUT2D eigenvalue weighted by atomic mass is 10.1. The van der Waals surface area contributed by atoms with Crippen molar-refractivity contribution in [2.45, 2.75) is 6.92 Å². The number of amides is 1. The molecule has 104 valence electrons. The van der Waals surface area contributed by atoms with Crippen LogP contribution < -0.4 is 14.8 Å². The van der Waals surface area contributed by atoms with Gasteiger partial charge in [0, 0.05) is 5.56 Å². The Balaban J connectivity index is 2.25. The first kappa shape index (κ1) is 13.9. The van der Waals surface area contributed by atoms with E-state index in [1.54, 1.807) is 38.5 Å². The first-order valence-corrected chi connectivity index (χ1v) is 6.24. The molecule has 0 saturated heterocycles. The van der Waals surface area contributed by atoms with Gasteiger partial charge in [-0.2, -0.15) is 0 Å². The number of benzene rings is 2. The zero-order valence-corrected chi connectivity index (χ0v) is 11.8. The van der Waals surface area contributed by atoms with Gasteiger partial charge in [0.15, 0.2) is 0 Å². The summed E-state index contributed by atoms with van der Waals surface area (Å²) in [5, 5.41) is 2.85. The fourth-order valence-corrected chi connectivity index (χ4v) is 1.88. The molecule has 4 heteroatoms. The van der Waals surface area contributed by atoms with E-state index in [1.807, 2.05) is 25.1 Å². The van der Waals surface area contributed by atoms with Crippen LogP contribution >= 0.6 is 0 Å². The van der Waals surface area contributed by atoms with Gasteiger partial charge in [-0.25, -0.2) is 0 Å². The minimum Gasteiger partial charge on any atom is -0.497 e. The second kappa shape index (κ2) is 6.10. The molecule has 2 rings (SSSR count). The lowest BCUT2D eigenvalue weighted by Gasteiger charge is -2.11. The molecule has 0 aliphatic heterocycles. The third-order valence-corrected chi connectivity index (χ3v) is 2.94. The standard InChI is InChI=1S/C16H17NO3/c1-11-7-8-15(20-3)14(9-11)17-16(18)12-5-4-6-13(10-12)19-2/h4-10H,1-3H3,(H,17,18). The highest BCUT2D eigenvalue weighted by atomic mass is 16.5. The number of hydrogen-bond donors (Lipinski definition) is 1. The molecule has 4 nitrogen and oxygen atoms in total. The van der Waals surface area contributed by atoms with Crippen LogP contribution in [0.4, 0.5) is 5.69 Å². The SMILES string of the molecule is COc1cccc(C(=O)Nc2cc(C)ccc2OC)c1. The van der Waals surface area contributed by atoms with E-state index in [2.05, 4.69) is 5.32 Å². The maximum Gasteiger partial charge on any atom is 0.255 e. The van der Waals surface area contributed by atoms with Crippen LogP contribution in [0.5, 0.6) is 11.5 Å². The summed E-state index contributed by atoms with van der Waals surface area (Å²) >= 11 is 0. The van der Waals surface area contributed by atoms with Gasteiger partial charge in [-0.3, -0.25) is 4.79 Å². The van der Waals surface area contributed by atoms with Crippen molar-refractivity contribution < 1.29 is 14.3 Å².